The Bertz CT molecular complexity index is 1120. The summed E-state index contributed by atoms with van der Waals surface area (Å²) < 4.78 is 11.5. The minimum Gasteiger partial charge on any atom is -0.454 e. The van der Waals surface area contributed by atoms with Gasteiger partial charge >= 0.3 is 6.09 Å². The molecule has 3 aromatic rings. The Morgan fingerprint density at radius 1 is 0.968 bits per heavy atom. The Kier molecular flexibility index (Phi) is 5.27. The van der Waals surface area contributed by atoms with E-state index in [9.17, 15) is 4.79 Å². The Labute approximate surface area is 181 Å². The van der Waals surface area contributed by atoms with Crippen LogP contribution in [0.1, 0.15) is 24.0 Å². The second-order valence-corrected chi connectivity index (χ2v) is 7.60. The fourth-order valence-corrected chi connectivity index (χ4v) is 3.85. The number of anilines is 1. The lowest BCUT2D eigenvalue weighted by atomic mass is 10.1. The lowest BCUT2D eigenvalue weighted by Crippen LogP contribution is -2.28. The van der Waals surface area contributed by atoms with Crippen molar-refractivity contribution in [2.45, 2.75) is 19.4 Å². The molecule has 0 unspecified atom stereocenters. The zero-order chi connectivity index (χ0) is 21.0. The van der Waals surface area contributed by atoms with Gasteiger partial charge in [-0.05, 0) is 48.7 Å². The van der Waals surface area contributed by atoms with E-state index in [1.54, 1.807) is 0 Å². The lowest BCUT2D eigenvalue weighted by Gasteiger charge is -2.21. The molecule has 0 radical (unpaired) electrons. The molecule has 0 saturated carbocycles. The lowest BCUT2D eigenvalue weighted by molar-refractivity contribution is 0.155. The van der Waals surface area contributed by atoms with Crippen molar-refractivity contribution >= 4 is 23.3 Å². The van der Waals surface area contributed by atoms with Crippen molar-refractivity contribution < 1.29 is 14.3 Å². The normalized spacial score (nSPS) is 14.6. The maximum Gasteiger partial charge on any atom is 0.411 e. The van der Waals surface area contributed by atoms with Crippen molar-refractivity contribution in [3.63, 3.8) is 0 Å². The standard InChI is InChI=1S/C25H23N3O3/c29-25(30-17-18-8-2-1-3-9-18)26-19-12-13-22-20(16-19)24(28-14-6-7-15-28)27-21-10-4-5-11-23(21)31-22/h1-5,8-13,16H,6-7,14-15,17H2,(H,26,29). The number of rotatable bonds is 3. The maximum absolute atomic E-state index is 12.3. The first-order chi connectivity index (χ1) is 15.3. The average Bonchev–Trinajstić information content (AvgIpc) is 3.28. The van der Waals surface area contributed by atoms with Crippen molar-refractivity contribution in [1.29, 1.82) is 0 Å². The third-order valence-corrected chi connectivity index (χ3v) is 5.40. The number of carbonyl (C=O) groups excluding carboxylic acids is 1. The van der Waals surface area contributed by atoms with Crippen LogP contribution < -0.4 is 10.1 Å². The van der Waals surface area contributed by atoms with Crippen LogP contribution in [0.5, 0.6) is 11.5 Å². The Morgan fingerprint density at radius 2 is 1.74 bits per heavy atom. The highest BCUT2D eigenvalue weighted by Gasteiger charge is 2.25. The van der Waals surface area contributed by atoms with Crippen LogP contribution in [-0.4, -0.2) is 29.9 Å². The number of para-hydroxylation sites is 2. The van der Waals surface area contributed by atoms with Crippen LogP contribution in [0.15, 0.2) is 77.8 Å². The van der Waals surface area contributed by atoms with Crippen molar-refractivity contribution in [1.82, 2.24) is 4.90 Å². The highest BCUT2D eigenvalue weighted by Crippen LogP contribution is 2.39. The fraction of sp³-hybridized carbons (Fsp3) is 0.200. The predicted octanol–water partition coefficient (Wildman–Crippen LogP) is 5.72. The smallest absolute Gasteiger partial charge is 0.411 e. The zero-order valence-corrected chi connectivity index (χ0v) is 17.1. The number of aliphatic imine (C=N–C) groups is 1. The number of benzene rings is 3. The third-order valence-electron chi connectivity index (χ3n) is 5.40. The summed E-state index contributed by atoms with van der Waals surface area (Å²) in [6.45, 7) is 2.13. The minimum atomic E-state index is -0.499. The highest BCUT2D eigenvalue weighted by atomic mass is 16.5. The molecule has 2 heterocycles. The van der Waals surface area contributed by atoms with Gasteiger partial charge in [0.15, 0.2) is 5.75 Å². The molecule has 31 heavy (non-hydrogen) atoms. The quantitative estimate of drug-likeness (QED) is 0.597. The maximum atomic E-state index is 12.3. The molecule has 6 nitrogen and oxygen atoms in total. The number of hydrogen-bond acceptors (Lipinski definition) is 5. The number of likely N-dealkylation sites (tertiary alicyclic amines) is 1. The molecule has 1 amide bonds. The summed E-state index contributed by atoms with van der Waals surface area (Å²) in [4.78, 5) is 19.5. The number of fused-ring (bicyclic) bond motifs is 2. The van der Waals surface area contributed by atoms with Crippen molar-refractivity contribution in [3.8, 4) is 11.5 Å². The number of amidine groups is 1. The molecule has 6 heteroatoms. The zero-order valence-electron chi connectivity index (χ0n) is 17.1. The molecule has 1 fully saturated rings. The molecule has 2 aliphatic heterocycles. The summed E-state index contributed by atoms with van der Waals surface area (Å²) in [5.41, 5.74) is 3.24. The predicted molar refractivity (Wildman–Crippen MR) is 120 cm³/mol. The average molecular weight is 413 g/mol. The molecule has 5 rings (SSSR count). The van der Waals surface area contributed by atoms with E-state index in [0.717, 1.165) is 60.1 Å². The van der Waals surface area contributed by atoms with Crippen LogP contribution in [0, 0.1) is 0 Å². The first-order valence-corrected chi connectivity index (χ1v) is 10.5. The van der Waals surface area contributed by atoms with Gasteiger partial charge in [0.05, 0.1) is 5.56 Å². The Balaban J connectivity index is 1.40. The molecular weight excluding hydrogens is 390 g/mol. The summed E-state index contributed by atoms with van der Waals surface area (Å²) in [6, 6.07) is 23.0. The summed E-state index contributed by atoms with van der Waals surface area (Å²) in [6.07, 6.45) is 1.78. The van der Waals surface area contributed by atoms with E-state index in [-0.39, 0.29) is 6.61 Å². The molecule has 1 saturated heterocycles. The van der Waals surface area contributed by atoms with Crippen LogP contribution in [0.25, 0.3) is 0 Å². The van der Waals surface area contributed by atoms with Crippen molar-refractivity contribution in [3.05, 3.63) is 83.9 Å². The van der Waals surface area contributed by atoms with Gasteiger partial charge in [-0.1, -0.05) is 42.5 Å². The van der Waals surface area contributed by atoms with E-state index >= 15 is 0 Å². The highest BCUT2D eigenvalue weighted by molar-refractivity contribution is 6.05. The van der Waals surface area contributed by atoms with Crippen LogP contribution in [0.4, 0.5) is 16.2 Å². The third kappa shape index (κ3) is 4.23. The summed E-state index contributed by atoms with van der Waals surface area (Å²) in [7, 11) is 0. The summed E-state index contributed by atoms with van der Waals surface area (Å²) >= 11 is 0. The monoisotopic (exact) mass is 413 g/mol. The topological polar surface area (TPSA) is 63.2 Å². The second-order valence-electron chi connectivity index (χ2n) is 7.60. The number of nitrogens with one attached hydrogen (secondary N) is 1. The van der Waals surface area contributed by atoms with Crippen LogP contribution in [0.2, 0.25) is 0 Å². The van der Waals surface area contributed by atoms with Gasteiger partial charge in [0.25, 0.3) is 0 Å². The number of amides is 1. The van der Waals surface area contributed by atoms with Crippen LogP contribution in [0.3, 0.4) is 0 Å². The minimum absolute atomic E-state index is 0.219. The Morgan fingerprint density at radius 3 is 2.58 bits per heavy atom. The van der Waals surface area contributed by atoms with Gasteiger partial charge < -0.3 is 14.4 Å². The summed E-state index contributed by atoms with van der Waals surface area (Å²) in [5.74, 6) is 2.32. The van der Waals surface area contributed by atoms with Gasteiger partial charge in [0.2, 0.25) is 0 Å². The first kappa shape index (κ1) is 19.2. The van der Waals surface area contributed by atoms with E-state index in [4.69, 9.17) is 14.5 Å². The van der Waals surface area contributed by atoms with Gasteiger partial charge in [-0.25, -0.2) is 9.79 Å². The first-order valence-electron chi connectivity index (χ1n) is 10.5. The van der Waals surface area contributed by atoms with E-state index in [1.807, 2.05) is 72.8 Å². The van der Waals surface area contributed by atoms with Crippen molar-refractivity contribution in [2.75, 3.05) is 18.4 Å². The van der Waals surface area contributed by atoms with Gasteiger partial charge in [-0.3, -0.25) is 5.32 Å². The van der Waals surface area contributed by atoms with Crippen molar-refractivity contribution in [2.24, 2.45) is 4.99 Å². The van der Waals surface area contributed by atoms with Gasteiger partial charge in [-0.2, -0.15) is 0 Å². The number of nitrogens with zero attached hydrogens (tertiary/aromatic N) is 2. The molecule has 0 bridgehead atoms. The molecule has 0 aliphatic carbocycles. The van der Waals surface area contributed by atoms with Gasteiger partial charge in [0, 0.05) is 18.8 Å². The SMILES string of the molecule is O=C(Nc1ccc2c(c1)C(N1CCCC1)=Nc1ccccc1O2)OCc1ccccc1. The van der Waals surface area contributed by atoms with E-state index in [1.165, 1.54) is 0 Å². The van der Waals surface area contributed by atoms with Gasteiger partial charge in [-0.15, -0.1) is 0 Å². The number of hydrogen-bond donors (Lipinski definition) is 1. The van der Waals surface area contributed by atoms with E-state index in [0.29, 0.717) is 5.69 Å². The van der Waals surface area contributed by atoms with Crippen LogP contribution in [-0.2, 0) is 11.3 Å². The fourth-order valence-electron chi connectivity index (χ4n) is 3.85. The van der Waals surface area contributed by atoms with E-state index < -0.39 is 6.09 Å². The molecule has 1 N–H and O–H groups in total. The Hall–Kier alpha value is -3.80. The summed E-state index contributed by atoms with van der Waals surface area (Å²) in [5, 5.41) is 2.82. The van der Waals surface area contributed by atoms with Gasteiger partial charge in [0.1, 0.15) is 23.9 Å². The van der Waals surface area contributed by atoms with Crippen LogP contribution >= 0.6 is 0 Å². The van der Waals surface area contributed by atoms with E-state index in [2.05, 4.69) is 10.2 Å². The molecule has 0 aromatic heterocycles. The molecule has 2 aliphatic rings. The number of carbonyl (C=O) groups is 1. The second kappa shape index (κ2) is 8.52. The molecular formula is C25H23N3O3. The molecule has 0 spiro atoms. The molecule has 156 valence electrons. The largest absolute Gasteiger partial charge is 0.454 e. The molecule has 3 aromatic carbocycles. The number of ether oxygens (including phenoxy) is 2. The molecule has 0 atom stereocenters.